The van der Waals surface area contributed by atoms with Crippen molar-refractivity contribution in [2.45, 2.75) is 26.8 Å². The Balaban J connectivity index is 0.00000144. The smallest absolute Gasteiger partial charge is 0.252 e. The maximum absolute atomic E-state index is 11.5. The molecule has 1 saturated heterocycles. The number of aromatic amines is 1. The van der Waals surface area contributed by atoms with E-state index < -0.39 is 0 Å². The van der Waals surface area contributed by atoms with Crippen LogP contribution in [0.2, 0.25) is 0 Å². The van der Waals surface area contributed by atoms with Crippen LogP contribution in [0.5, 0.6) is 0 Å². The molecule has 2 aliphatic heterocycles. The SMILES string of the molecule is CC.O=c1ccnc(Nc2ccc(-c3nc4c(c(N5CCOCC5)n3)CCN(c3ncccn3)C4)cc2)[nH]1. The van der Waals surface area contributed by atoms with Crippen molar-refractivity contribution in [3.8, 4) is 11.4 Å². The van der Waals surface area contributed by atoms with Crippen LogP contribution in [0, 0.1) is 0 Å². The molecule has 0 amide bonds. The van der Waals surface area contributed by atoms with E-state index in [0.717, 1.165) is 48.8 Å². The average Bonchev–Trinajstić information content (AvgIpc) is 2.99. The number of benzene rings is 1. The van der Waals surface area contributed by atoms with Gasteiger partial charge in [0.2, 0.25) is 11.9 Å². The van der Waals surface area contributed by atoms with E-state index in [-0.39, 0.29) is 5.56 Å². The molecule has 2 aliphatic rings. The lowest BCUT2D eigenvalue weighted by atomic mass is 10.0. The van der Waals surface area contributed by atoms with E-state index in [9.17, 15) is 4.79 Å². The first kappa shape index (κ1) is 25.3. The van der Waals surface area contributed by atoms with Crippen LogP contribution in [0.15, 0.2) is 59.8 Å². The van der Waals surface area contributed by atoms with E-state index >= 15 is 0 Å². The summed E-state index contributed by atoms with van der Waals surface area (Å²) in [5, 5.41) is 3.11. The zero-order valence-electron chi connectivity index (χ0n) is 21.6. The van der Waals surface area contributed by atoms with Crippen LogP contribution in [-0.2, 0) is 17.7 Å². The minimum Gasteiger partial charge on any atom is -0.378 e. The van der Waals surface area contributed by atoms with Crippen LogP contribution in [0.25, 0.3) is 11.4 Å². The van der Waals surface area contributed by atoms with E-state index in [1.165, 1.54) is 17.8 Å². The Hall–Kier alpha value is -4.38. The maximum Gasteiger partial charge on any atom is 0.252 e. The van der Waals surface area contributed by atoms with Crippen molar-refractivity contribution >= 4 is 23.4 Å². The Labute approximate surface area is 221 Å². The molecule has 2 N–H and O–H groups in total. The van der Waals surface area contributed by atoms with Crippen LogP contribution in [-0.4, -0.2) is 62.8 Å². The highest BCUT2D eigenvalue weighted by Gasteiger charge is 2.27. The molecule has 0 bridgehead atoms. The van der Waals surface area contributed by atoms with Gasteiger partial charge in [-0.2, -0.15) is 0 Å². The third-order valence-corrected chi connectivity index (χ3v) is 6.27. The van der Waals surface area contributed by atoms with Gasteiger partial charge in [-0.3, -0.25) is 9.78 Å². The molecular weight excluding hydrogens is 482 g/mol. The summed E-state index contributed by atoms with van der Waals surface area (Å²) < 4.78 is 5.58. The molecule has 0 saturated carbocycles. The third kappa shape index (κ3) is 5.62. The predicted octanol–water partition coefficient (Wildman–Crippen LogP) is 3.19. The number of hydrogen-bond acceptors (Lipinski definition) is 10. The monoisotopic (exact) mass is 513 g/mol. The van der Waals surface area contributed by atoms with Gasteiger partial charge in [0.15, 0.2) is 5.82 Å². The van der Waals surface area contributed by atoms with Crippen molar-refractivity contribution in [3.63, 3.8) is 0 Å². The first-order valence-corrected chi connectivity index (χ1v) is 12.9. The number of fused-ring (bicyclic) bond motifs is 1. The summed E-state index contributed by atoms with van der Waals surface area (Å²) in [6.45, 7) is 8.42. The highest BCUT2D eigenvalue weighted by atomic mass is 16.5. The second-order valence-corrected chi connectivity index (χ2v) is 8.60. The first-order valence-electron chi connectivity index (χ1n) is 12.9. The van der Waals surface area contributed by atoms with Gasteiger partial charge in [0, 0.05) is 61.1 Å². The Bertz CT molecular complexity index is 1400. The van der Waals surface area contributed by atoms with Gasteiger partial charge in [0.25, 0.3) is 5.56 Å². The topological polar surface area (TPSA) is 125 Å². The Morgan fingerprint density at radius 1 is 0.895 bits per heavy atom. The van der Waals surface area contributed by atoms with Crippen LogP contribution >= 0.6 is 0 Å². The molecule has 4 aromatic rings. The number of aromatic nitrogens is 6. The van der Waals surface area contributed by atoms with E-state index in [0.29, 0.717) is 37.5 Å². The van der Waals surface area contributed by atoms with Gasteiger partial charge >= 0.3 is 0 Å². The molecule has 5 heterocycles. The van der Waals surface area contributed by atoms with E-state index in [2.05, 4.69) is 35.1 Å². The first-order chi connectivity index (χ1) is 18.7. The van der Waals surface area contributed by atoms with Gasteiger partial charge in [0.05, 0.1) is 25.5 Å². The predicted molar refractivity (Wildman–Crippen MR) is 147 cm³/mol. The minimum atomic E-state index is -0.211. The second-order valence-electron chi connectivity index (χ2n) is 8.60. The fourth-order valence-corrected chi connectivity index (χ4v) is 4.47. The summed E-state index contributed by atoms with van der Waals surface area (Å²) in [4.78, 5) is 41.7. The number of nitrogens with one attached hydrogen (secondary N) is 2. The number of nitrogens with zero attached hydrogens (tertiary/aromatic N) is 7. The molecule has 0 unspecified atom stereocenters. The van der Waals surface area contributed by atoms with E-state index in [4.69, 9.17) is 14.7 Å². The van der Waals surface area contributed by atoms with Crippen LogP contribution < -0.4 is 20.7 Å². The quantitative estimate of drug-likeness (QED) is 0.411. The molecule has 0 radical (unpaired) electrons. The lowest BCUT2D eigenvalue weighted by Crippen LogP contribution is -2.39. The standard InChI is InChI=1S/C25H25N9O2.C2H6/c35-21-6-10-26-24(31-21)29-18-4-2-17(3-5-18)22-30-20-16-34(25-27-8-1-9-28-25)11-7-19(20)23(32-22)33-12-14-36-15-13-33;1-2/h1-6,8-10H,7,11-16H2,(H2,26,29,31,35);1-2H3. The second kappa shape index (κ2) is 11.8. The summed E-state index contributed by atoms with van der Waals surface area (Å²) in [6, 6.07) is 11.0. The third-order valence-electron chi connectivity index (χ3n) is 6.27. The Morgan fingerprint density at radius 3 is 2.39 bits per heavy atom. The zero-order chi connectivity index (χ0) is 26.3. The average molecular weight is 514 g/mol. The molecule has 38 heavy (non-hydrogen) atoms. The maximum atomic E-state index is 11.5. The number of anilines is 4. The van der Waals surface area contributed by atoms with Crippen LogP contribution in [0.4, 0.5) is 23.4 Å². The molecular formula is C27H31N9O2. The van der Waals surface area contributed by atoms with Crippen molar-refractivity contribution < 1.29 is 4.74 Å². The molecule has 6 rings (SSSR count). The molecule has 11 heteroatoms. The number of H-pyrrole nitrogens is 1. The summed E-state index contributed by atoms with van der Waals surface area (Å²) in [5.74, 6) is 2.75. The molecule has 0 atom stereocenters. The molecule has 1 fully saturated rings. The molecule has 196 valence electrons. The van der Waals surface area contributed by atoms with Crippen LogP contribution in [0.3, 0.4) is 0 Å². The van der Waals surface area contributed by atoms with Gasteiger partial charge in [-0.25, -0.2) is 24.9 Å². The summed E-state index contributed by atoms with van der Waals surface area (Å²) >= 11 is 0. The van der Waals surface area contributed by atoms with E-state index in [1.54, 1.807) is 12.4 Å². The molecule has 0 aliphatic carbocycles. The van der Waals surface area contributed by atoms with Crippen molar-refractivity contribution in [2.75, 3.05) is 48.0 Å². The molecule has 3 aromatic heterocycles. The Kier molecular flexibility index (Phi) is 7.84. The largest absolute Gasteiger partial charge is 0.378 e. The molecule has 11 nitrogen and oxygen atoms in total. The number of rotatable bonds is 5. The molecule has 1 aromatic carbocycles. The lowest BCUT2D eigenvalue weighted by Gasteiger charge is -2.34. The molecule has 0 spiro atoms. The highest BCUT2D eigenvalue weighted by Crippen LogP contribution is 2.31. The number of ether oxygens (including phenoxy) is 1. The summed E-state index contributed by atoms with van der Waals surface area (Å²) in [6.07, 6.45) is 5.82. The van der Waals surface area contributed by atoms with Crippen molar-refractivity contribution in [2.24, 2.45) is 0 Å². The van der Waals surface area contributed by atoms with Crippen LogP contribution in [0.1, 0.15) is 25.1 Å². The number of morpholine rings is 1. The van der Waals surface area contributed by atoms with Crippen molar-refractivity contribution in [1.29, 1.82) is 0 Å². The van der Waals surface area contributed by atoms with Crippen molar-refractivity contribution in [1.82, 2.24) is 29.9 Å². The minimum absolute atomic E-state index is 0.211. The van der Waals surface area contributed by atoms with Gasteiger partial charge in [-0.15, -0.1) is 0 Å². The lowest BCUT2D eigenvalue weighted by molar-refractivity contribution is 0.122. The summed E-state index contributed by atoms with van der Waals surface area (Å²) in [7, 11) is 0. The highest BCUT2D eigenvalue weighted by molar-refractivity contribution is 5.65. The Morgan fingerprint density at radius 2 is 1.66 bits per heavy atom. The van der Waals surface area contributed by atoms with E-state index in [1.807, 2.05) is 44.2 Å². The van der Waals surface area contributed by atoms with Gasteiger partial charge in [-0.05, 0) is 36.8 Å². The summed E-state index contributed by atoms with van der Waals surface area (Å²) in [5.41, 5.74) is 3.67. The van der Waals surface area contributed by atoms with Crippen molar-refractivity contribution in [3.05, 3.63) is 76.6 Å². The fraction of sp³-hybridized carbons (Fsp3) is 0.333. The fourth-order valence-electron chi connectivity index (χ4n) is 4.47. The zero-order valence-corrected chi connectivity index (χ0v) is 21.6. The van der Waals surface area contributed by atoms with Gasteiger partial charge in [-0.1, -0.05) is 13.8 Å². The normalized spacial score (nSPS) is 14.8. The van der Waals surface area contributed by atoms with Gasteiger partial charge in [0.1, 0.15) is 5.82 Å². The number of hydrogen-bond donors (Lipinski definition) is 2. The van der Waals surface area contributed by atoms with Gasteiger partial charge < -0.3 is 19.9 Å².